The van der Waals surface area contributed by atoms with E-state index in [2.05, 4.69) is 28.7 Å². The Hall–Kier alpha value is -3.61. The van der Waals surface area contributed by atoms with Crippen LogP contribution in [-0.2, 0) is 22.6 Å². The number of carbonyl (C=O) groups is 2. The van der Waals surface area contributed by atoms with Crippen LogP contribution in [0.3, 0.4) is 0 Å². The van der Waals surface area contributed by atoms with Gasteiger partial charge in [0.1, 0.15) is 11.6 Å². The molecule has 0 atom stereocenters. The number of benzene rings is 2. The molecule has 1 aromatic heterocycles. The molecule has 3 aromatic rings. The van der Waals surface area contributed by atoms with E-state index in [4.69, 9.17) is 10.5 Å². The van der Waals surface area contributed by atoms with Crippen molar-refractivity contribution in [3.63, 3.8) is 0 Å². The molecule has 0 fully saturated rings. The first-order chi connectivity index (χ1) is 14.4. The molecule has 1 heterocycles. The van der Waals surface area contributed by atoms with Crippen molar-refractivity contribution in [1.82, 2.24) is 9.55 Å². The lowest BCUT2D eigenvalue weighted by Gasteiger charge is -2.12. The van der Waals surface area contributed by atoms with E-state index in [1.54, 1.807) is 30.5 Å². The molecule has 0 radical (unpaired) electrons. The number of primary amides is 1. The Morgan fingerprint density at radius 2 is 1.90 bits per heavy atom. The molecule has 30 heavy (non-hydrogen) atoms. The predicted molar refractivity (Wildman–Crippen MR) is 115 cm³/mol. The largest absolute Gasteiger partial charge is 0.484 e. The molecule has 7 heteroatoms. The summed E-state index contributed by atoms with van der Waals surface area (Å²) in [5.74, 6) is 1.27. The molecule has 2 amide bonds. The zero-order chi connectivity index (χ0) is 21.5. The van der Waals surface area contributed by atoms with Crippen molar-refractivity contribution in [2.75, 3.05) is 11.9 Å². The zero-order valence-corrected chi connectivity index (χ0v) is 17.2. The van der Waals surface area contributed by atoms with Crippen LogP contribution < -0.4 is 15.8 Å². The van der Waals surface area contributed by atoms with Crippen molar-refractivity contribution >= 4 is 17.5 Å². The number of nitrogens with one attached hydrogen (secondary N) is 1. The first-order valence-electron chi connectivity index (χ1n) is 9.80. The number of anilines is 1. The lowest BCUT2D eigenvalue weighted by molar-refractivity contribution is -0.118. The van der Waals surface area contributed by atoms with Gasteiger partial charge in [-0.05, 0) is 35.4 Å². The summed E-state index contributed by atoms with van der Waals surface area (Å²) in [7, 11) is 0. The molecule has 0 saturated carbocycles. The van der Waals surface area contributed by atoms with Crippen LogP contribution >= 0.6 is 0 Å². The van der Waals surface area contributed by atoms with Gasteiger partial charge in [-0.1, -0.05) is 38.1 Å². The van der Waals surface area contributed by atoms with Gasteiger partial charge in [-0.2, -0.15) is 0 Å². The number of ether oxygens (including phenoxy) is 1. The van der Waals surface area contributed by atoms with Gasteiger partial charge in [-0.15, -0.1) is 0 Å². The van der Waals surface area contributed by atoms with E-state index in [0.717, 1.165) is 17.0 Å². The lowest BCUT2D eigenvalue weighted by atomic mass is 10.1. The number of nitrogens with zero attached hydrogens (tertiary/aromatic N) is 2. The number of nitrogens with two attached hydrogens (primary N) is 1. The van der Waals surface area contributed by atoms with Crippen molar-refractivity contribution in [1.29, 1.82) is 0 Å². The van der Waals surface area contributed by atoms with Crippen molar-refractivity contribution in [3.8, 4) is 5.75 Å². The number of hydrogen-bond donors (Lipinski definition) is 2. The van der Waals surface area contributed by atoms with Gasteiger partial charge in [0.25, 0.3) is 5.91 Å². The summed E-state index contributed by atoms with van der Waals surface area (Å²) in [6, 6.07) is 14.6. The second kappa shape index (κ2) is 9.73. The number of carbonyl (C=O) groups excluding carboxylic acids is 2. The molecule has 2 aromatic carbocycles. The van der Waals surface area contributed by atoms with Gasteiger partial charge in [0.05, 0.1) is 6.42 Å². The summed E-state index contributed by atoms with van der Waals surface area (Å²) in [5.41, 5.74) is 7.76. The second-order valence-electron chi connectivity index (χ2n) is 7.39. The zero-order valence-electron chi connectivity index (χ0n) is 17.2. The highest BCUT2D eigenvalue weighted by Crippen LogP contribution is 2.17. The van der Waals surface area contributed by atoms with Gasteiger partial charge in [-0.3, -0.25) is 9.59 Å². The summed E-state index contributed by atoms with van der Waals surface area (Å²) >= 11 is 0. The number of amides is 2. The lowest BCUT2D eigenvalue weighted by Crippen LogP contribution is -2.20. The summed E-state index contributed by atoms with van der Waals surface area (Å²) in [6.45, 7) is 4.80. The molecule has 3 N–H and O–H groups in total. The van der Waals surface area contributed by atoms with Gasteiger partial charge < -0.3 is 20.4 Å². The Morgan fingerprint density at radius 3 is 2.60 bits per heavy atom. The van der Waals surface area contributed by atoms with Crippen LogP contribution in [-0.4, -0.2) is 28.0 Å². The minimum Gasteiger partial charge on any atom is -0.484 e. The average Bonchev–Trinajstić information content (AvgIpc) is 3.16. The molecular weight excluding hydrogens is 380 g/mol. The first kappa shape index (κ1) is 21.1. The molecule has 0 unspecified atom stereocenters. The molecular formula is C23H26N4O3. The number of hydrogen-bond acceptors (Lipinski definition) is 4. The fraction of sp³-hybridized carbons (Fsp3) is 0.261. The van der Waals surface area contributed by atoms with Gasteiger partial charge in [-0.25, -0.2) is 4.98 Å². The van der Waals surface area contributed by atoms with E-state index in [-0.39, 0.29) is 18.9 Å². The highest BCUT2D eigenvalue weighted by molar-refractivity contribution is 5.91. The second-order valence-corrected chi connectivity index (χ2v) is 7.39. The molecule has 0 bridgehead atoms. The third-order valence-corrected chi connectivity index (χ3v) is 4.50. The van der Waals surface area contributed by atoms with E-state index in [9.17, 15) is 9.59 Å². The Balaban J connectivity index is 1.54. The van der Waals surface area contributed by atoms with Crippen molar-refractivity contribution < 1.29 is 14.3 Å². The van der Waals surface area contributed by atoms with E-state index in [1.807, 2.05) is 30.5 Å². The molecule has 0 aliphatic heterocycles. The van der Waals surface area contributed by atoms with Crippen LogP contribution in [0.15, 0.2) is 60.9 Å². The Morgan fingerprint density at radius 1 is 1.13 bits per heavy atom. The molecule has 0 aliphatic carbocycles. The highest BCUT2D eigenvalue weighted by Gasteiger charge is 2.09. The van der Waals surface area contributed by atoms with Crippen molar-refractivity contribution in [2.24, 2.45) is 5.73 Å². The van der Waals surface area contributed by atoms with Gasteiger partial charge in [0.2, 0.25) is 5.91 Å². The van der Waals surface area contributed by atoms with Gasteiger partial charge in [0.15, 0.2) is 6.61 Å². The summed E-state index contributed by atoms with van der Waals surface area (Å²) in [5, 5.41) is 2.86. The molecule has 7 nitrogen and oxygen atoms in total. The Labute approximate surface area is 175 Å². The average molecular weight is 406 g/mol. The minimum absolute atomic E-state index is 0.113. The van der Waals surface area contributed by atoms with Gasteiger partial charge in [0, 0.05) is 30.5 Å². The van der Waals surface area contributed by atoms with Crippen LogP contribution in [0.25, 0.3) is 0 Å². The van der Waals surface area contributed by atoms with Crippen LogP contribution in [0.4, 0.5) is 5.69 Å². The quantitative estimate of drug-likeness (QED) is 0.570. The summed E-state index contributed by atoms with van der Waals surface area (Å²) in [4.78, 5) is 27.6. The molecule has 0 aliphatic rings. The maximum absolute atomic E-state index is 12.3. The molecule has 156 valence electrons. The number of rotatable bonds is 9. The third kappa shape index (κ3) is 5.94. The maximum Gasteiger partial charge on any atom is 0.262 e. The molecule has 0 saturated heterocycles. The third-order valence-electron chi connectivity index (χ3n) is 4.50. The fourth-order valence-electron chi connectivity index (χ4n) is 3.15. The Bertz CT molecular complexity index is 1010. The summed E-state index contributed by atoms with van der Waals surface area (Å²) in [6.07, 6.45) is 3.94. The number of imidazole rings is 1. The van der Waals surface area contributed by atoms with Crippen LogP contribution in [0.5, 0.6) is 5.75 Å². The standard InChI is InChI=1S/C23H26N4O3/c1-16(2)23-25-10-11-27(23)14-18-4-3-5-19(12-18)26-22(29)15-30-20-8-6-17(7-9-20)13-21(24)28/h3-12,16H,13-15H2,1-2H3,(H2,24,28)(H,26,29). The Kier molecular flexibility index (Phi) is 6.85. The normalized spacial score (nSPS) is 10.8. The van der Waals surface area contributed by atoms with Gasteiger partial charge >= 0.3 is 0 Å². The molecule has 0 spiro atoms. The number of aromatic nitrogens is 2. The highest BCUT2D eigenvalue weighted by atomic mass is 16.5. The van der Waals surface area contributed by atoms with Crippen LogP contribution in [0, 0.1) is 0 Å². The monoisotopic (exact) mass is 406 g/mol. The van der Waals surface area contributed by atoms with E-state index in [1.165, 1.54) is 0 Å². The SMILES string of the molecule is CC(C)c1nccn1Cc1cccc(NC(=O)COc2ccc(CC(N)=O)cc2)c1. The van der Waals surface area contributed by atoms with Crippen molar-refractivity contribution in [2.45, 2.75) is 32.7 Å². The maximum atomic E-state index is 12.3. The smallest absolute Gasteiger partial charge is 0.262 e. The van der Waals surface area contributed by atoms with Crippen molar-refractivity contribution in [3.05, 3.63) is 77.9 Å². The fourth-order valence-corrected chi connectivity index (χ4v) is 3.15. The van der Waals surface area contributed by atoms with Crippen LogP contribution in [0.2, 0.25) is 0 Å². The van der Waals surface area contributed by atoms with Crippen LogP contribution in [0.1, 0.15) is 36.7 Å². The van der Waals surface area contributed by atoms with E-state index >= 15 is 0 Å². The summed E-state index contributed by atoms with van der Waals surface area (Å²) < 4.78 is 7.62. The van der Waals surface area contributed by atoms with E-state index in [0.29, 0.717) is 23.9 Å². The minimum atomic E-state index is -0.390. The first-order valence-corrected chi connectivity index (χ1v) is 9.80. The van der Waals surface area contributed by atoms with E-state index < -0.39 is 5.91 Å². The predicted octanol–water partition coefficient (Wildman–Crippen LogP) is 3.10. The molecule has 3 rings (SSSR count). The topological polar surface area (TPSA) is 99.2 Å².